The van der Waals surface area contributed by atoms with Crippen molar-refractivity contribution in [2.45, 2.75) is 0 Å². The first-order chi connectivity index (χ1) is 11.8. The van der Waals surface area contributed by atoms with Crippen LogP contribution in [0.5, 0.6) is 0 Å². The monoisotopic (exact) mass is 323 g/mol. The molecule has 0 aliphatic carbocycles. The summed E-state index contributed by atoms with van der Waals surface area (Å²) in [4.78, 5) is 26.1. The maximum absolute atomic E-state index is 11.8. The number of aromatic amines is 1. The van der Waals surface area contributed by atoms with E-state index in [1.165, 1.54) is 0 Å². The van der Waals surface area contributed by atoms with Gasteiger partial charge in [-0.2, -0.15) is 0 Å². The Bertz CT molecular complexity index is 905. The molecule has 0 atom stereocenters. The largest absolute Gasteiger partial charge is 0.383 e. The smallest absolute Gasteiger partial charge is 0.244 e. The summed E-state index contributed by atoms with van der Waals surface area (Å²) in [5.41, 5.74) is 2.63. The van der Waals surface area contributed by atoms with Crippen molar-refractivity contribution in [2.75, 3.05) is 37.0 Å². The van der Waals surface area contributed by atoms with Gasteiger partial charge in [-0.3, -0.25) is 4.79 Å². The first-order valence-electron chi connectivity index (χ1n) is 7.73. The molecule has 122 valence electrons. The third-order valence-corrected chi connectivity index (χ3v) is 4.08. The number of carbonyl (C=O) groups is 1. The first-order valence-corrected chi connectivity index (χ1v) is 7.73. The molecule has 4 rings (SSSR count). The highest BCUT2D eigenvalue weighted by molar-refractivity contribution is 6.00. The maximum atomic E-state index is 11.8. The predicted octanol–water partition coefficient (Wildman–Crippen LogP) is 2.03. The fourth-order valence-electron chi connectivity index (χ4n) is 2.94. The van der Waals surface area contributed by atoms with E-state index in [1.807, 2.05) is 35.4 Å². The Morgan fingerprint density at radius 2 is 2.25 bits per heavy atom. The lowest BCUT2D eigenvalue weighted by Crippen LogP contribution is -2.40. The Balaban J connectivity index is 1.79. The molecular weight excluding hydrogens is 306 g/mol. The summed E-state index contributed by atoms with van der Waals surface area (Å²) in [7, 11) is 1.64. The minimum absolute atomic E-state index is 0.0670. The molecule has 0 radical (unpaired) electrons. The quantitative estimate of drug-likeness (QED) is 0.767. The molecule has 3 heterocycles. The number of carbonyl (C=O) groups excluding carboxylic acids is 1. The van der Waals surface area contributed by atoms with Crippen LogP contribution in [-0.2, 0) is 9.53 Å². The highest BCUT2D eigenvalue weighted by Crippen LogP contribution is 2.31. The molecule has 2 aromatic heterocycles. The Kier molecular flexibility index (Phi) is 3.62. The van der Waals surface area contributed by atoms with Crippen molar-refractivity contribution in [3.05, 3.63) is 36.7 Å². The second kappa shape index (κ2) is 5.93. The summed E-state index contributed by atoms with van der Waals surface area (Å²) in [5.74, 6) is 1.30. The topological polar surface area (TPSA) is 83.1 Å². The van der Waals surface area contributed by atoms with Gasteiger partial charge >= 0.3 is 0 Å². The van der Waals surface area contributed by atoms with E-state index in [0.29, 0.717) is 24.7 Å². The maximum Gasteiger partial charge on any atom is 0.244 e. The minimum Gasteiger partial charge on any atom is -0.383 e. The van der Waals surface area contributed by atoms with Gasteiger partial charge in [-0.05, 0) is 12.1 Å². The predicted molar refractivity (Wildman–Crippen MR) is 92.0 cm³/mol. The van der Waals surface area contributed by atoms with Gasteiger partial charge in [0.1, 0.15) is 5.69 Å². The number of rotatable bonds is 4. The second-order valence-electron chi connectivity index (χ2n) is 5.64. The summed E-state index contributed by atoms with van der Waals surface area (Å²) >= 11 is 0. The van der Waals surface area contributed by atoms with E-state index in [9.17, 15) is 4.79 Å². The van der Waals surface area contributed by atoms with Crippen LogP contribution < -0.4 is 10.2 Å². The van der Waals surface area contributed by atoms with Crippen molar-refractivity contribution in [3.63, 3.8) is 0 Å². The number of benzene rings is 1. The third-order valence-electron chi connectivity index (χ3n) is 4.08. The molecule has 0 saturated heterocycles. The van der Waals surface area contributed by atoms with Crippen LogP contribution in [0.25, 0.3) is 22.3 Å². The molecule has 0 bridgehead atoms. The molecule has 7 heteroatoms. The molecule has 7 nitrogen and oxygen atoms in total. The molecule has 1 amide bonds. The van der Waals surface area contributed by atoms with Crippen LogP contribution >= 0.6 is 0 Å². The Morgan fingerprint density at radius 1 is 1.33 bits per heavy atom. The lowest BCUT2D eigenvalue weighted by atomic mass is 10.1. The number of hydrogen-bond donors (Lipinski definition) is 2. The number of fused-ring (bicyclic) bond motifs is 2. The normalized spacial score (nSPS) is 13.9. The highest BCUT2D eigenvalue weighted by atomic mass is 16.5. The number of aromatic nitrogens is 3. The average Bonchev–Trinajstić information content (AvgIpc) is 3.08. The second-order valence-corrected chi connectivity index (χ2v) is 5.64. The van der Waals surface area contributed by atoms with E-state index in [0.717, 1.165) is 22.3 Å². The number of H-pyrrole nitrogens is 1. The number of methoxy groups -OCH3 is 1. The Morgan fingerprint density at radius 3 is 3.12 bits per heavy atom. The highest BCUT2D eigenvalue weighted by Gasteiger charge is 2.24. The van der Waals surface area contributed by atoms with Gasteiger partial charge < -0.3 is 19.9 Å². The van der Waals surface area contributed by atoms with Crippen LogP contribution in [0.1, 0.15) is 0 Å². The number of nitrogens with zero attached hydrogens (tertiary/aromatic N) is 3. The van der Waals surface area contributed by atoms with E-state index in [-0.39, 0.29) is 12.5 Å². The van der Waals surface area contributed by atoms with Crippen LogP contribution in [0, 0.1) is 0 Å². The molecule has 0 unspecified atom stereocenters. The van der Waals surface area contributed by atoms with E-state index < -0.39 is 0 Å². The summed E-state index contributed by atoms with van der Waals surface area (Å²) in [5, 5.41) is 3.89. The first kappa shape index (κ1) is 14.6. The van der Waals surface area contributed by atoms with Gasteiger partial charge in [0.2, 0.25) is 5.91 Å². The van der Waals surface area contributed by atoms with Crippen molar-refractivity contribution in [1.29, 1.82) is 0 Å². The van der Waals surface area contributed by atoms with Crippen molar-refractivity contribution < 1.29 is 9.53 Å². The van der Waals surface area contributed by atoms with Crippen molar-refractivity contribution >= 4 is 28.3 Å². The lowest BCUT2D eigenvalue weighted by Gasteiger charge is -2.29. The number of nitrogens with one attached hydrogen (secondary N) is 2. The van der Waals surface area contributed by atoms with Crippen molar-refractivity contribution in [2.24, 2.45) is 0 Å². The van der Waals surface area contributed by atoms with E-state index >= 15 is 0 Å². The molecule has 0 fully saturated rings. The van der Waals surface area contributed by atoms with Gasteiger partial charge in [0.05, 0.1) is 19.3 Å². The molecular formula is C17H17N5O2. The van der Waals surface area contributed by atoms with Gasteiger partial charge in [0.15, 0.2) is 11.6 Å². The number of anilines is 2. The molecule has 0 spiro atoms. The van der Waals surface area contributed by atoms with Crippen LogP contribution in [0.15, 0.2) is 36.7 Å². The van der Waals surface area contributed by atoms with E-state index in [1.54, 1.807) is 13.3 Å². The summed E-state index contributed by atoms with van der Waals surface area (Å²) in [6, 6.07) is 8.00. The number of ether oxygens (including phenoxy) is 1. The summed E-state index contributed by atoms with van der Waals surface area (Å²) in [6.45, 7) is 1.39. The van der Waals surface area contributed by atoms with Crippen LogP contribution in [0.3, 0.4) is 0 Å². The molecule has 0 saturated carbocycles. The van der Waals surface area contributed by atoms with Crippen LogP contribution in [0.2, 0.25) is 0 Å². The number of amides is 1. The molecule has 1 aromatic carbocycles. The number of hydrogen-bond acceptors (Lipinski definition) is 5. The molecule has 1 aliphatic heterocycles. The van der Waals surface area contributed by atoms with Gasteiger partial charge in [0, 0.05) is 36.3 Å². The fourth-order valence-corrected chi connectivity index (χ4v) is 2.94. The zero-order valence-electron chi connectivity index (χ0n) is 13.2. The fraction of sp³-hybridized carbons (Fsp3) is 0.235. The molecule has 24 heavy (non-hydrogen) atoms. The van der Waals surface area contributed by atoms with Crippen LogP contribution in [-0.4, -0.2) is 47.7 Å². The Hall–Kier alpha value is -2.93. The van der Waals surface area contributed by atoms with Gasteiger partial charge in [-0.1, -0.05) is 12.1 Å². The van der Waals surface area contributed by atoms with E-state index in [4.69, 9.17) is 9.72 Å². The lowest BCUT2D eigenvalue weighted by molar-refractivity contribution is -0.115. The van der Waals surface area contributed by atoms with E-state index in [2.05, 4.69) is 15.3 Å². The third kappa shape index (κ3) is 2.48. The zero-order valence-corrected chi connectivity index (χ0v) is 13.2. The van der Waals surface area contributed by atoms with Crippen molar-refractivity contribution in [3.8, 4) is 11.4 Å². The molecule has 2 N–H and O–H groups in total. The van der Waals surface area contributed by atoms with Gasteiger partial charge in [-0.15, -0.1) is 0 Å². The van der Waals surface area contributed by atoms with Crippen LogP contribution in [0.4, 0.5) is 11.5 Å². The Labute approximate surface area is 138 Å². The summed E-state index contributed by atoms with van der Waals surface area (Å²) < 4.78 is 5.14. The molecule has 3 aromatic rings. The van der Waals surface area contributed by atoms with Gasteiger partial charge in [0.25, 0.3) is 0 Å². The summed E-state index contributed by atoms with van der Waals surface area (Å²) in [6.07, 6.45) is 3.57. The standard InChI is InChI=1S/C17H17N5O2/c1-24-8-7-22-10-15(23)20-14-9-19-16(21-17(14)22)12-3-2-4-13-11(12)5-6-18-13/h2-6,9,18H,7-8,10H2,1H3,(H,20,23). The molecule has 1 aliphatic rings. The van der Waals surface area contributed by atoms with Crippen molar-refractivity contribution in [1.82, 2.24) is 15.0 Å². The van der Waals surface area contributed by atoms with Gasteiger partial charge in [-0.25, -0.2) is 9.97 Å². The average molecular weight is 323 g/mol. The zero-order chi connectivity index (χ0) is 16.5. The SMILES string of the molecule is COCCN1CC(=O)Nc2cnc(-c3cccc4[nH]ccc34)nc21. The minimum atomic E-state index is -0.0670.